The summed E-state index contributed by atoms with van der Waals surface area (Å²) in [4.78, 5) is 28.8. The molecule has 3 amide bonds. The molecule has 2 aliphatic heterocycles. The molecule has 0 saturated carbocycles. The summed E-state index contributed by atoms with van der Waals surface area (Å²) in [7, 11) is 0. The normalized spacial score (nSPS) is 17.8. The van der Waals surface area contributed by atoms with Crippen molar-refractivity contribution in [2.45, 2.75) is 39.3 Å². The standard InChI is InChI=1S/C24H30N4O2/c1-17-4-3-5-19(14-17)16-27-11-8-21(9-12-27)26-23(29)20-6-7-22(18(2)15-20)28-13-10-25-24(28)30/h3-7,14-15,21H,8-13,16H2,1-2H3,(H,25,30)(H,26,29). The molecule has 0 unspecified atom stereocenters. The lowest BCUT2D eigenvalue weighted by Gasteiger charge is -2.32. The second-order valence-electron chi connectivity index (χ2n) is 8.40. The van der Waals surface area contributed by atoms with Gasteiger partial charge in [0.25, 0.3) is 5.91 Å². The van der Waals surface area contributed by atoms with Crippen molar-refractivity contribution in [3.8, 4) is 0 Å². The van der Waals surface area contributed by atoms with Gasteiger partial charge in [-0.25, -0.2) is 4.79 Å². The van der Waals surface area contributed by atoms with Crippen LogP contribution in [0.4, 0.5) is 10.5 Å². The van der Waals surface area contributed by atoms with Crippen molar-refractivity contribution in [3.63, 3.8) is 0 Å². The number of nitrogens with zero attached hydrogens (tertiary/aromatic N) is 2. The molecule has 2 heterocycles. The quantitative estimate of drug-likeness (QED) is 0.801. The predicted octanol–water partition coefficient (Wildman–Crippen LogP) is 3.23. The van der Waals surface area contributed by atoms with Crippen LogP contribution in [0.3, 0.4) is 0 Å². The topological polar surface area (TPSA) is 64.7 Å². The Bertz CT molecular complexity index is 935. The highest BCUT2D eigenvalue weighted by Gasteiger charge is 2.24. The summed E-state index contributed by atoms with van der Waals surface area (Å²) in [5.74, 6) is -0.0346. The number of urea groups is 1. The number of likely N-dealkylation sites (tertiary alicyclic amines) is 1. The van der Waals surface area contributed by atoms with Crippen LogP contribution in [0.2, 0.25) is 0 Å². The van der Waals surface area contributed by atoms with Gasteiger partial charge in [0.1, 0.15) is 0 Å². The number of hydrogen-bond acceptors (Lipinski definition) is 3. The van der Waals surface area contributed by atoms with Crippen LogP contribution in [0, 0.1) is 13.8 Å². The first-order valence-electron chi connectivity index (χ1n) is 10.7. The van der Waals surface area contributed by atoms with Crippen molar-refractivity contribution < 1.29 is 9.59 Å². The van der Waals surface area contributed by atoms with Crippen LogP contribution in [0.5, 0.6) is 0 Å². The average Bonchev–Trinajstić information content (AvgIpc) is 3.15. The van der Waals surface area contributed by atoms with Crippen LogP contribution in [0.15, 0.2) is 42.5 Å². The Hall–Kier alpha value is -2.86. The number of benzene rings is 2. The first-order chi connectivity index (χ1) is 14.5. The molecule has 6 nitrogen and oxygen atoms in total. The zero-order chi connectivity index (χ0) is 21.1. The van der Waals surface area contributed by atoms with Crippen LogP contribution < -0.4 is 15.5 Å². The van der Waals surface area contributed by atoms with Gasteiger partial charge in [-0.3, -0.25) is 14.6 Å². The molecule has 0 bridgehead atoms. The summed E-state index contributed by atoms with van der Waals surface area (Å²) in [5.41, 5.74) is 5.10. The van der Waals surface area contributed by atoms with Gasteiger partial charge in [0.15, 0.2) is 0 Å². The van der Waals surface area contributed by atoms with Crippen molar-refractivity contribution in [2.24, 2.45) is 0 Å². The SMILES string of the molecule is Cc1cccc(CN2CCC(NC(=O)c3ccc(N4CCNC4=O)c(C)c3)CC2)c1. The van der Waals surface area contributed by atoms with Gasteiger partial charge in [-0.2, -0.15) is 0 Å². The Kier molecular flexibility index (Phi) is 6.04. The van der Waals surface area contributed by atoms with Crippen LogP contribution >= 0.6 is 0 Å². The highest BCUT2D eigenvalue weighted by molar-refractivity contribution is 5.98. The van der Waals surface area contributed by atoms with Gasteiger partial charge < -0.3 is 10.6 Å². The zero-order valence-corrected chi connectivity index (χ0v) is 17.8. The summed E-state index contributed by atoms with van der Waals surface area (Å²) in [6, 6.07) is 14.4. The number of hydrogen-bond donors (Lipinski definition) is 2. The van der Waals surface area contributed by atoms with E-state index in [1.165, 1.54) is 11.1 Å². The lowest BCUT2D eigenvalue weighted by molar-refractivity contribution is 0.0909. The van der Waals surface area contributed by atoms with E-state index in [1.807, 2.05) is 25.1 Å². The summed E-state index contributed by atoms with van der Waals surface area (Å²) < 4.78 is 0. The molecular formula is C24H30N4O2. The molecule has 2 saturated heterocycles. The van der Waals surface area contributed by atoms with E-state index in [4.69, 9.17) is 0 Å². The summed E-state index contributed by atoms with van der Waals surface area (Å²) in [5, 5.41) is 6.01. The monoisotopic (exact) mass is 406 g/mol. The largest absolute Gasteiger partial charge is 0.349 e. The molecule has 0 aromatic heterocycles. The van der Waals surface area contributed by atoms with Gasteiger partial charge in [0, 0.05) is 50.0 Å². The molecule has 6 heteroatoms. The number of amides is 3. The van der Waals surface area contributed by atoms with Crippen LogP contribution in [-0.4, -0.2) is 49.1 Å². The second kappa shape index (κ2) is 8.88. The third-order valence-corrected chi connectivity index (χ3v) is 6.02. The van der Waals surface area contributed by atoms with Gasteiger partial charge in [-0.15, -0.1) is 0 Å². The molecule has 158 valence electrons. The molecule has 2 aromatic carbocycles. The number of carbonyl (C=O) groups is 2. The molecule has 30 heavy (non-hydrogen) atoms. The minimum atomic E-state index is -0.0762. The van der Waals surface area contributed by atoms with Gasteiger partial charge >= 0.3 is 6.03 Å². The third-order valence-electron chi connectivity index (χ3n) is 6.02. The van der Waals surface area contributed by atoms with Crippen LogP contribution in [0.25, 0.3) is 0 Å². The molecule has 0 aliphatic carbocycles. The minimum absolute atomic E-state index is 0.0346. The van der Waals surface area contributed by atoms with Gasteiger partial charge in [0.2, 0.25) is 0 Å². The number of piperidine rings is 1. The lowest BCUT2D eigenvalue weighted by atomic mass is 10.0. The van der Waals surface area contributed by atoms with Crippen LogP contribution in [0.1, 0.15) is 39.9 Å². The smallest absolute Gasteiger partial charge is 0.322 e. The van der Waals surface area contributed by atoms with E-state index in [2.05, 4.69) is 46.7 Å². The lowest BCUT2D eigenvalue weighted by Crippen LogP contribution is -2.44. The fraction of sp³-hybridized carbons (Fsp3) is 0.417. The van der Waals surface area contributed by atoms with E-state index in [9.17, 15) is 9.59 Å². The molecule has 0 radical (unpaired) electrons. The Morgan fingerprint density at radius 2 is 1.90 bits per heavy atom. The van der Waals surface area contributed by atoms with Crippen molar-refractivity contribution in [1.82, 2.24) is 15.5 Å². The highest BCUT2D eigenvalue weighted by atomic mass is 16.2. The Morgan fingerprint density at radius 3 is 2.57 bits per heavy atom. The van der Waals surface area contributed by atoms with Crippen molar-refractivity contribution in [1.29, 1.82) is 0 Å². The number of rotatable bonds is 5. The van der Waals surface area contributed by atoms with E-state index >= 15 is 0 Å². The molecule has 0 atom stereocenters. The van der Waals surface area contributed by atoms with Crippen molar-refractivity contribution >= 4 is 17.6 Å². The second-order valence-corrected chi connectivity index (χ2v) is 8.40. The van der Waals surface area contributed by atoms with E-state index in [0.29, 0.717) is 18.7 Å². The highest BCUT2D eigenvalue weighted by Crippen LogP contribution is 2.23. The molecule has 2 N–H and O–H groups in total. The summed E-state index contributed by atoms with van der Waals surface area (Å²) in [6.07, 6.45) is 1.92. The average molecular weight is 407 g/mol. The Balaban J connectivity index is 1.30. The number of nitrogens with one attached hydrogen (secondary N) is 2. The fourth-order valence-corrected chi connectivity index (χ4v) is 4.37. The Morgan fingerprint density at radius 1 is 1.10 bits per heavy atom. The molecule has 4 rings (SSSR count). The maximum absolute atomic E-state index is 12.8. The fourth-order valence-electron chi connectivity index (χ4n) is 4.37. The molecular weight excluding hydrogens is 376 g/mol. The number of aryl methyl sites for hydroxylation is 2. The zero-order valence-electron chi connectivity index (χ0n) is 17.8. The van der Waals surface area contributed by atoms with Crippen LogP contribution in [-0.2, 0) is 6.54 Å². The maximum Gasteiger partial charge on any atom is 0.322 e. The van der Waals surface area contributed by atoms with Crippen molar-refractivity contribution in [2.75, 3.05) is 31.1 Å². The maximum atomic E-state index is 12.8. The molecule has 2 fully saturated rings. The van der Waals surface area contributed by atoms with E-state index < -0.39 is 0 Å². The molecule has 2 aliphatic rings. The predicted molar refractivity (Wildman–Crippen MR) is 119 cm³/mol. The first-order valence-corrected chi connectivity index (χ1v) is 10.7. The third kappa shape index (κ3) is 4.65. The number of carbonyl (C=O) groups excluding carboxylic acids is 2. The van der Waals surface area contributed by atoms with E-state index in [1.54, 1.807) is 4.90 Å². The van der Waals surface area contributed by atoms with Gasteiger partial charge in [-0.1, -0.05) is 29.8 Å². The Labute approximate surface area is 178 Å². The van der Waals surface area contributed by atoms with Gasteiger partial charge in [-0.05, 0) is 56.0 Å². The van der Waals surface area contributed by atoms with Gasteiger partial charge in [0.05, 0.1) is 0 Å². The molecule has 2 aromatic rings. The molecule has 0 spiro atoms. The minimum Gasteiger partial charge on any atom is -0.349 e. The first kappa shape index (κ1) is 20.4. The van der Waals surface area contributed by atoms with E-state index in [0.717, 1.165) is 43.7 Å². The van der Waals surface area contributed by atoms with E-state index in [-0.39, 0.29) is 18.0 Å². The number of anilines is 1. The van der Waals surface area contributed by atoms with Crippen molar-refractivity contribution in [3.05, 3.63) is 64.7 Å². The summed E-state index contributed by atoms with van der Waals surface area (Å²) in [6.45, 7) is 8.32. The summed E-state index contributed by atoms with van der Waals surface area (Å²) >= 11 is 0.